The van der Waals surface area contributed by atoms with Crippen LogP contribution in [0.1, 0.15) is 13.3 Å². The number of allylic oxidation sites excluding steroid dienone is 1. The maximum atomic E-state index is 11.0. The van der Waals surface area contributed by atoms with Crippen LogP contribution in [0.5, 0.6) is 0 Å². The van der Waals surface area contributed by atoms with E-state index in [9.17, 15) is 4.79 Å². The van der Waals surface area contributed by atoms with Gasteiger partial charge < -0.3 is 4.84 Å². The Balaban J connectivity index is 4.26. The van der Waals surface area contributed by atoms with Gasteiger partial charge in [-0.1, -0.05) is 13.0 Å². The second kappa shape index (κ2) is 5.33. The van der Waals surface area contributed by atoms with Crippen molar-refractivity contribution in [2.24, 2.45) is 0 Å². The molecule has 0 radical (unpaired) electrons. The third kappa shape index (κ3) is 3.74. The topological polar surface area (TPSA) is 53.3 Å². The number of rotatable bonds is 3. The molecule has 0 amide bonds. The molecule has 66 valence electrons. The lowest BCUT2D eigenvalue weighted by molar-refractivity contribution is -0.172. The van der Waals surface area contributed by atoms with Gasteiger partial charge in [-0.3, -0.25) is 0 Å². The van der Waals surface area contributed by atoms with Crippen LogP contribution in [0.25, 0.3) is 0 Å². The van der Waals surface area contributed by atoms with Gasteiger partial charge in [0.05, 0.1) is 0 Å². The highest BCUT2D eigenvalue weighted by Gasteiger charge is 2.10. The van der Waals surface area contributed by atoms with Gasteiger partial charge in [0.2, 0.25) is 0 Å². The SMILES string of the molecule is CCC=C(C#N)C(=O)ON(C)C. The van der Waals surface area contributed by atoms with Crippen molar-refractivity contribution in [1.29, 1.82) is 5.26 Å². The molecule has 0 aromatic rings. The lowest BCUT2D eigenvalue weighted by Crippen LogP contribution is -2.19. The molecule has 0 saturated carbocycles. The van der Waals surface area contributed by atoms with Gasteiger partial charge in [-0.15, -0.1) is 5.06 Å². The van der Waals surface area contributed by atoms with Gasteiger partial charge in [0, 0.05) is 14.1 Å². The Morgan fingerprint density at radius 1 is 1.67 bits per heavy atom. The van der Waals surface area contributed by atoms with Crippen LogP contribution in [0.2, 0.25) is 0 Å². The van der Waals surface area contributed by atoms with E-state index in [2.05, 4.69) is 4.84 Å². The summed E-state index contributed by atoms with van der Waals surface area (Å²) in [7, 11) is 3.16. The summed E-state index contributed by atoms with van der Waals surface area (Å²) in [4.78, 5) is 15.7. The minimum absolute atomic E-state index is 0.0474. The summed E-state index contributed by atoms with van der Waals surface area (Å²) in [6.07, 6.45) is 2.18. The molecule has 0 N–H and O–H groups in total. The molecular formula is C8H12N2O2. The maximum Gasteiger partial charge on any atom is 0.367 e. The number of hydroxylamine groups is 2. The van der Waals surface area contributed by atoms with Crippen molar-refractivity contribution in [3.63, 3.8) is 0 Å². The number of hydrogen-bond acceptors (Lipinski definition) is 4. The Morgan fingerprint density at radius 2 is 2.25 bits per heavy atom. The minimum atomic E-state index is -0.607. The van der Waals surface area contributed by atoms with Crippen molar-refractivity contribution in [2.75, 3.05) is 14.1 Å². The fraction of sp³-hybridized carbons (Fsp3) is 0.500. The lowest BCUT2D eigenvalue weighted by Gasteiger charge is -2.08. The average Bonchev–Trinajstić information content (AvgIpc) is 1.98. The number of hydrogen-bond donors (Lipinski definition) is 0. The number of nitrogens with zero attached hydrogens (tertiary/aromatic N) is 2. The summed E-state index contributed by atoms with van der Waals surface area (Å²) < 4.78 is 0. The molecule has 12 heavy (non-hydrogen) atoms. The summed E-state index contributed by atoms with van der Waals surface area (Å²) in [5.41, 5.74) is 0.0474. The molecule has 0 aliphatic carbocycles. The molecule has 0 aliphatic rings. The normalized spacial score (nSPS) is 11.1. The highest BCUT2D eigenvalue weighted by atomic mass is 16.7. The van der Waals surface area contributed by atoms with Crippen molar-refractivity contribution in [3.8, 4) is 6.07 Å². The van der Waals surface area contributed by atoms with E-state index >= 15 is 0 Å². The standard InChI is InChI=1S/C8H12N2O2/c1-4-5-7(6-9)8(11)12-10(2)3/h5H,4H2,1-3H3. The number of nitriles is 1. The van der Waals surface area contributed by atoms with Gasteiger partial charge in [-0.05, 0) is 6.42 Å². The molecule has 0 rings (SSSR count). The van der Waals surface area contributed by atoms with Crippen molar-refractivity contribution < 1.29 is 9.63 Å². The van der Waals surface area contributed by atoms with Crippen LogP contribution in [0.4, 0.5) is 0 Å². The van der Waals surface area contributed by atoms with Crippen molar-refractivity contribution in [1.82, 2.24) is 5.06 Å². The van der Waals surface area contributed by atoms with Gasteiger partial charge in [0.15, 0.2) is 0 Å². The fourth-order valence-electron chi connectivity index (χ4n) is 0.594. The van der Waals surface area contributed by atoms with Crippen LogP contribution >= 0.6 is 0 Å². The molecule has 0 aromatic carbocycles. The highest BCUT2D eigenvalue weighted by Crippen LogP contribution is 1.98. The largest absolute Gasteiger partial charge is 0.367 e. The quantitative estimate of drug-likeness (QED) is 0.356. The predicted molar refractivity (Wildman–Crippen MR) is 43.8 cm³/mol. The molecule has 4 nitrogen and oxygen atoms in total. The lowest BCUT2D eigenvalue weighted by atomic mass is 10.2. The van der Waals surface area contributed by atoms with Crippen LogP contribution in [-0.4, -0.2) is 25.1 Å². The first kappa shape index (κ1) is 10.7. The minimum Gasteiger partial charge on any atom is -0.364 e. The van der Waals surface area contributed by atoms with Crippen molar-refractivity contribution in [2.45, 2.75) is 13.3 Å². The Kier molecular flexibility index (Phi) is 4.73. The summed E-state index contributed by atoms with van der Waals surface area (Å²) in [5.74, 6) is -0.607. The molecule has 0 fully saturated rings. The molecule has 0 unspecified atom stereocenters. The van der Waals surface area contributed by atoms with E-state index in [1.807, 2.05) is 6.92 Å². The first-order chi connectivity index (χ1) is 5.61. The monoisotopic (exact) mass is 168 g/mol. The molecule has 0 bridgehead atoms. The van der Waals surface area contributed by atoms with Gasteiger partial charge in [-0.25, -0.2) is 4.79 Å². The van der Waals surface area contributed by atoms with Crippen molar-refractivity contribution in [3.05, 3.63) is 11.6 Å². The molecule has 0 aromatic heterocycles. The Labute approximate surface area is 72.0 Å². The predicted octanol–water partition coefficient (Wildman–Crippen LogP) is 0.866. The van der Waals surface area contributed by atoms with Crippen LogP contribution < -0.4 is 0 Å². The third-order valence-corrected chi connectivity index (χ3v) is 1.01. The Morgan fingerprint density at radius 3 is 2.58 bits per heavy atom. The second-order valence-electron chi connectivity index (χ2n) is 2.33. The van der Waals surface area contributed by atoms with Gasteiger partial charge in [0.25, 0.3) is 0 Å². The summed E-state index contributed by atoms with van der Waals surface area (Å²) in [5, 5.41) is 9.76. The fourth-order valence-corrected chi connectivity index (χ4v) is 0.594. The molecule has 0 aliphatic heterocycles. The molecule has 0 heterocycles. The van der Waals surface area contributed by atoms with E-state index < -0.39 is 5.97 Å². The highest BCUT2D eigenvalue weighted by molar-refractivity contribution is 5.92. The van der Waals surface area contributed by atoms with Crippen LogP contribution in [0.15, 0.2) is 11.6 Å². The summed E-state index contributed by atoms with van der Waals surface area (Å²) in [6.45, 7) is 1.85. The second-order valence-corrected chi connectivity index (χ2v) is 2.33. The van der Waals surface area contributed by atoms with E-state index in [1.54, 1.807) is 20.2 Å². The molecular weight excluding hydrogens is 156 g/mol. The van der Waals surface area contributed by atoms with E-state index in [-0.39, 0.29) is 5.57 Å². The van der Waals surface area contributed by atoms with E-state index in [1.165, 1.54) is 11.1 Å². The Hall–Kier alpha value is -1.34. The summed E-state index contributed by atoms with van der Waals surface area (Å²) in [6, 6.07) is 1.77. The van der Waals surface area contributed by atoms with Gasteiger partial charge in [0.1, 0.15) is 11.6 Å². The van der Waals surface area contributed by atoms with Crippen molar-refractivity contribution >= 4 is 5.97 Å². The zero-order valence-electron chi connectivity index (χ0n) is 7.50. The Bertz CT molecular complexity index is 226. The average molecular weight is 168 g/mol. The number of carbonyl (C=O) groups is 1. The zero-order chi connectivity index (χ0) is 9.56. The van der Waals surface area contributed by atoms with E-state index in [0.29, 0.717) is 6.42 Å². The first-order valence-corrected chi connectivity index (χ1v) is 3.61. The first-order valence-electron chi connectivity index (χ1n) is 3.61. The molecule has 0 atom stereocenters. The van der Waals surface area contributed by atoms with Gasteiger partial charge in [-0.2, -0.15) is 5.26 Å². The van der Waals surface area contributed by atoms with E-state index in [4.69, 9.17) is 5.26 Å². The smallest absolute Gasteiger partial charge is 0.364 e. The zero-order valence-corrected chi connectivity index (χ0v) is 7.50. The maximum absolute atomic E-state index is 11.0. The van der Waals surface area contributed by atoms with Crippen LogP contribution in [-0.2, 0) is 9.63 Å². The van der Waals surface area contributed by atoms with Crippen LogP contribution in [0, 0.1) is 11.3 Å². The third-order valence-electron chi connectivity index (χ3n) is 1.01. The molecule has 0 saturated heterocycles. The van der Waals surface area contributed by atoms with E-state index in [0.717, 1.165) is 0 Å². The molecule has 4 heteroatoms. The molecule has 0 spiro atoms. The number of carbonyl (C=O) groups excluding carboxylic acids is 1. The summed E-state index contributed by atoms with van der Waals surface area (Å²) >= 11 is 0. The van der Waals surface area contributed by atoms with Gasteiger partial charge >= 0.3 is 5.97 Å². The van der Waals surface area contributed by atoms with Crippen LogP contribution in [0.3, 0.4) is 0 Å².